The second-order valence-corrected chi connectivity index (χ2v) is 4.68. The molecule has 7 heteroatoms. The number of ether oxygens (including phenoxy) is 1. The van der Waals surface area contributed by atoms with Gasteiger partial charge in [-0.25, -0.2) is 0 Å². The third-order valence-electron chi connectivity index (χ3n) is 2.81. The van der Waals surface area contributed by atoms with Crippen LogP contribution < -0.4 is 5.32 Å². The molecule has 21 heavy (non-hydrogen) atoms. The lowest BCUT2D eigenvalue weighted by molar-refractivity contribution is -0.139. The number of carbonyl (C=O) groups is 2. The fourth-order valence-corrected chi connectivity index (χ4v) is 1.89. The maximum Gasteiger partial charge on any atom is 0.325 e. The summed E-state index contributed by atoms with van der Waals surface area (Å²) in [5.41, 5.74) is 1.27. The Morgan fingerprint density at radius 3 is 2.86 bits per heavy atom. The molecule has 1 aromatic heterocycles. The molecule has 0 aliphatic carbocycles. The Morgan fingerprint density at radius 1 is 1.38 bits per heavy atom. The van der Waals surface area contributed by atoms with Crippen LogP contribution in [-0.2, 0) is 16.1 Å². The topological polar surface area (TPSA) is 73.2 Å². The van der Waals surface area contributed by atoms with Crippen LogP contribution in [0.4, 0.5) is 0 Å². The summed E-state index contributed by atoms with van der Waals surface area (Å²) < 4.78 is 6.05. The molecule has 0 saturated heterocycles. The predicted octanol–water partition coefficient (Wildman–Crippen LogP) is 1.49. The van der Waals surface area contributed by atoms with Crippen LogP contribution in [-0.4, -0.2) is 35.3 Å². The molecule has 2 rings (SSSR count). The van der Waals surface area contributed by atoms with Gasteiger partial charge in [-0.2, -0.15) is 5.10 Å². The number of methoxy groups -OCH3 is 1. The fraction of sp³-hybridized carbons (Fsp3) is 0.214. The van der Waals surface area contributed by atoms with E-state index in [-0.39, 0.29) is 12.5 Å². The van der Waals surface area contributed by atoms with E-state index in [0.29, 0.717) is 17.1 Å². The van der Waals surface area contributed by atoms with Gasteiger partial charge in [0.15, 0.2) is 0 Å². The Bertz CT molecular complexity index is 654. The molecule has 0 radical (unpaired) electrons. The lowest BCUT2D eigenvalue weighted by atomic mass is 10.2. The number of benzene rings is 1. The van der Waals surface area contributed by atoms with Gasteiger partial charge in [0.25, 0.3) is 5.91 Å². The fourth-order valence-electron chi connectivity index (χ4n) is 1.70. The Labute approximate surface area is 126 Å². The molecule has 6 nitrogen and oxygen atoms in total. The van der Waals surface area contributed by atoms with E-state index in [1.54, 1.807) is 16.9 Å². The van der Waals surface area contributed by atoms with Gasteiger partial charge in [-0.1, -0.05) is 29.8 Å². The smallest absolute Gasteiger partial charge is 0.325 e. The third-order valence-corrected chi connectivity index (χ3v) is 3.18. The van der Waals surface area contributed by atoms with Crippen LogP contribution in [0.2, 0.25) is 5.02 Å². The van der Waals surface area contributed by atoms with E-state index in [1.807, 2.05) is 18.2 Å². The van der Waals surface area contributed by atoms with Gasteiger partial charge in [0.2, 0.25) is 0 Å². The largest absolute Gasteiger partial charge is 0.468 e. The molecule has 0 atom stereocenters. The van der Waals surface area contributed by atoms with Crippen molar-refractivity contribution in [1.82, 2.24) is 15.1 Å². The minimum atomic E-state index is -0.508. The molecular formula is C14H14ClN3O3. The van der Waals surface area contributed by atoms with Crippen molar-refractivity contribution in [1.29, 1.82) is 0 Å². The molecule has 0 fully saturated rings. The van der Waals surface area contributed by atoms with Gasteiger partial charge < -0.3 is 10.1 Å². The van der Waals surface area contributed by atoms with Crippen LogP contribution >= 0.6 is 11.6 Å². The first kappa shape index (κ1) is 15.1. The summed E-state index contributed by atoms with van der Waals surface area (Å²) in [6, 6.07) is 7.42. The lowest BCUT2D eigenvalue weighted by Crippen LogP contribution is -2.29. The number of carbonyl (C=O) groups excluding carboxylic acids is 2. The van der Waals surface area contributed by atoms with Crippen LogP contribution in [0.5, 0.6) is 0 Å². The average Bonchev–Trinajstić information content (AvgIpc) is 2.95. The summed E-state index contributed by atoms with van der Waals surface area (Å²) in [6.07, 6.45) is 3.03. The van der Waals surface area contributed by atoms with Crippen molar-refractivity contribution >= 4 is 23.5 Å². The van der Waals surface area contributed by atoms with Crippen molar-refractivity contribution in [2.24, 2.45) is 0 Å². The van der Waals surface area contributed by atoms with Crippen LogP contribution in [0.25, 0.3) is 0 Å². The lowest BCUT2D eigenvalue weighted by Gasteiger charge is -2.04. The van der Waals surface area contributed by atoms with Crippen LogP contribution in [0, 0.1) is 0 Å². The monoisotopic (exact) mass is 307 g/mol. The van der Waals surface area contributed by atoms with Gasteiger partial charge in [0.1, 0.15) is 6.54 Å². The third kappa shape index (κ3) is 4.06. The summed E-state index contributed by atoms with van der Waals surface area (Å²) >= 11 is 6.07. The van der Waals surface area contributed by atoms with Crippen molar-refractivity contribution in [2.75, 3.05) is 13.7 Å². The Hall–Kier alpha value is -2.34. The van der Waals surface area contributed by atoms with Crippen molar-refractivity contribution < 1.29 is 14.3 Å². The van der Waals surface area contributed by atoms with E-state index in [9.17, 15) is 9.59 Å². The van der Waals surface area contributed by atoms with Crippen molar-refractivity contribution in [3.05, 3.63) is 52.8 Å². The number of aromatic nitrogens is 2. The molecule has 2 aromatic rings. The SMILES string of the molecule is COC(=O)CNC(=O)c1cnn(Cc2ccccc2Cl)c1. The van der Waals surface area contributed by atoms with E-state index in [0.717, 1.165) is 5.56 Å². The molecule has 110 valence electrons. The van der Waals surface area contributed by atoms with Gasteiger partial charge in [-0.15, -0.1) is 0 Å². The summed E-state index contributed by atoms with van der Waals surface area (Å²) in [5, 5.41) is 7.19. The summed E-state index contributed by atoms with van der Waals surface area (Å²) in [5.74, 6) is -0.891. The molecule has 1 N–H and O–H groups in total. The zero-order chi connectivity index (χ0) is 15.2. The second kappa shape index (κ2) is 6.90. The van der Waals surface area contributed by atoms with Crippen molar-refractivity contribution in [3.8, 4) is 0 Å². The molecule has 0 aliphatic rings. The van der Waals surface area contributed by atoms with Crippen molar-refractivity contribution in [3.63, 3.8) is 0 Å². The first-order valence-electron chi connectivity index (χ1n) is 6.21. The number of rotatable bonds is 5. The zero-order valence-electron chi connectivity index (χ0n) is 11.4. The zero-order valence-corrected chi connectivity index (χ0v) is 12.1. The number of halogens is 1. The Morgan fingerprint density at radius 2 is 2.14 bits per heavy atom. The van der Waals surface area contributed by atoms with Gasteiger partial charge in [-0.05, 0) is 11.6 Å². The maximum atomic E-state index is 11.8. The van der Waals surface area contributed by atoms with E-state index in [1.165, 1.54) is 13.3 Å². The quantitative estimate of drug-likeness (QED) is 0.849. The molecule has 0 unspecified atom stereocenters. The molecular weight excluding hydrogens is 294 g/mol. The molecule has 1 heterocycles. The number of amides is 1. The standard InChI is InChI=1S/C14H14ClN3O3/c1-21-13(19)7-16-14(20)11-6-17-18(9-11)8-10-4-2-3-5-12(10)15/h2-6,9H,7-8H2,1H3,(H,16,20). The maximum absolute atomic E-state index is 11.8. The van der Waals surface area contributed by atoms with E-state index in [2.05, 4.69) is 15.2 Å². The number of hydrogen-bond donors (Lipinski definition) is 1. The van der Waals surface area contributed by atoms with Crippen LogP contribution in [0.1, 0.15) is 15.9 Å². The highest BCUT2D eigenvalue weighted by molar-refractivity contribution is 6.31. The number of esters is 1. The minimum absolute atomic E-state index is 0.176. The number of hydrogen-bond acceptors (Lipinski definition) is 4. The van der Waals surface area contributed by atoms with Gasteiger partial charge in [-0.3, -0.25) is 14.3 Å². The summed E-state index contributed by atoms with van der Waals surface area (Å²) in [7, 11) is 1.26. The van der Waals surface area contributed by atoms with Gasteiger partial charge in [0.05, 0.1) is 25.4 Å². The van der Waals surface area contributed by atoms with E-state index in [4.69, 9.17) is 11.6 Å². The minimum Gasteiger partial charge on any atom is -0.468 e. The molecule has 0 saturated carbocycles. The van der Waals surface area contributed by atoms with Crippen LogP contribution in [0.15, 0.2) is 36.7 Å². The average molecular weight is 308 g/mol. The first-order chi connectivity index (χ1) is 10.1. The molecule has 1 amide bonds. The number of nitrogens with zero attached hydrogens (tertiary/aromatic N) is 2. The van der Waals surface area contributed by atoms with Gasteiger partial charge >= 0.3 is 5.97 Å². The predicted molar refractivity (Wildman–Crippen MR) is 77.1 cm³/mol. The van der Waals surface area contributed by atoms with E-state index < -0.39 is 5.97 Å². The number of nitrogens with one attached hydrogen (secondary N) is 1. The highest BCUT2D eigenvalue weighted by Crippen LogP contribution is 2.16. The summed E-state index contributed by atoms with van der Waals surface area (Å²) in [4.78, 5) is 22.8. The highest BCUT2D eigenvalue weighted by atomic mass is 35.5. The highest BCUT2D eigenvalue weighted by Gasteiger charge is 2.11. The molecule has 0 aliphatic heterocycles. The van der Waals surface area contributed by atoms with Crippen LogP contribution in [0.3, 0.4) is 0 Å². The van der Waals surface area contributed by atoms with Crippen molar-refractivity contribution in [2.45, 2.75) is 6.54 Å². The van der Waals surface area contributed by atoms with E-state index >= 15 is 0 Å². The summed E-state index contributed by atoms with van der Waals surface area (Å²) in [6.45, 7) is 0.287. The Kier molecular flexibility index (Phi) is 4.94. The first-order valence-corrected chi connectivity index (χ1v) is 6.59. The second-order valence-electron chi connectivity index (χ2n) is 4.28. The normalized spacial score (nSPS) is 10.2. The van der Waals surface area contributed by atoms with Gasteiger partial charge in [0, 0.05) is 11.2 Å². The molecule has 0 bridgehead atoms. The molecule has 0 spiro atoms. The molecule has 1 aromatic carbocycles. The Balaban J connectivity index is 2.00.